The van der Waals surface area contributed by atoms with E-state index < -0.39 is 22.2 Å². The van der Waals surface area contributed by atoms with E-state index in [-0.39, 0.29) is 13.2 Å². The van der Waals surface area contributed by atoms with Gasteiger partial charge < -0.3 is 4.74 Å². The maximum absolute atomic E-state index is 11.1. The molecule has 0 heterocycles. The van der Waals surface area contributed by atoms with Crippen LogP contribution >= 0.6 is 0 Å². The van der Waals surface area contributed by atoms with Crippen molar-refractivity contribution in [2.24, 2.45) is 0 Å². The lowest BCUT2D eigenvalue weighted by Gasteiger charge is -2.12. The summed E-state index contributed by atoms with van der Waals surface area (Å²) < 4.78 is 31.2. The molecule has 0 saturated carbocycles. The van der Waals surface area contributed by atoms with Crippen molar-refractivity contribution in [3.63, 3.8) is 0 Å². The molecule has 0 rings (SSSR count). The zero-order valence-corrected chi connectivity index (χ0v) is 9.35. The van der Waals surface area contributed by atoms with Crippen molar-refractivity contribution >= 4 is 16.2 Å². The van der Waals surface area contributed by atoms with E-state index in [2.05, 4.69) is 14.2 Å². The van der Waals surface area contributed by atoms with Gasteiger partial charge in [-0.1, -0.05) is 6.92 Å². The molecule has 2 N–H and O–H groups in total. The predicted octanol–water partition coefficient (Wildman–Crippen LogP) is -0.618. The highest BCUT2D eigenvalue weighted by atomic mass is 32.2. The van der Waals surface area contributed by atoms with Gasteiger partial charge in [-0.3, -0.25) is 4.79 Å². The molecule has 0 radical (unpaired) electrons. The summed E-state index contributed by atoms with van der Waals surface area (Å²) in [6, 6.07) is -0.876. The third-order valence-corrected chi connectivity index (χ3v) is 2.64. The molecule has 0 aliphatic carbocycles. The summed E-state index contributed by atoms with van der Waals surface area (Å²) in [7, 11) is -3.60. The quantitative estimate of drug-likeness (QED) is 0.589. The summed E-state index contributed by atoms with van der Waals surface area (Å²) in [6.45, 7) is 5.22. The van der Waals surface area contributed by atoms with Crippen LogP contribution in [0.3, 0.4) is 0 Å². The SMILES string of the molecule is CCNS(=O)(=O)NC(C)C(=O)OCC. The normalized spacial score (nSPS) is 13.6. The lowest BCUT2D eigenvalue weighted by Crippen LogP contribution is -2.45. The first-order valence-corrected chi connectivity index (χ1v) is 5.84. The van der Waals surface area contributed by atoms with Crippen LogP contribution in [-0.2, 0) is 19.7 Å². The van der Waals surface area contributed by atoms with Crippen molar-refractivity contribution < 1.29 is 17.9 Å². The molecular formula is C7H16N2O4S. The van der Waals surface area contributed by atoms with E-state index in [1.54, 1.807) is 13.8 Å². The lowest BCUT2D eigenvalue weighted by molar-refractivity contribution is -0.144. The summed E-state index contributed by atoms with van der Waals surface area (Å²) in [4.78, 5) is 11.0. The third-order valence-electron chi connectivity index (χ3n) is 1.31. The van der Waals surface area contributed by atoms with Gasteiger partial charge in [-0.2, -0.15) is 13.1 Å². The maximum atomic E-state index is 11.1. The van der Waals surface area contributed by atoms with E-state index in [0.717, 1.165) is 0 Å². The Morgan fingerprint density at radius 1 is 1.43 bits per heavy atom. The summed E-state index contributed by atoms with van der Waals surface area (Å²) in [5.41, 5.74) is 0. The van der Waals surface area contributed by atoms with Crippen LogP contribution in [0.2, 0.25) is 0 Å². The zero-order chi connectivity index (χ0) is 11.2. The molecule has 6 nitrogen and oxygen atoms in total. The Morgan fingerprint density at radius 2 is 2.00 bits per heavy atom. The molecule has 7 heteroatoms. The molecule has 0 aliphatic heterocycles. The predicted molar refractivity (Wildman–Crippen MR) is 51.8 cm³/mol. The number of carbonyl (C=O) groups is 1. The number of hydrogen-bond donors (Lipinski definition) is 2. The standard InChI is InChI=1S/C7H16N2O4S/c1-4-8-14(11,12)9-6(3)7(10)13-5-2/h6,8-9H,4-5H2,1-3H3. The van der Waals surface area contributed by atoms with Gasteiger partial charge in [0, 0.05) is 6.54 Å². The number of carbonyl (C=O) groups excluding carboxylic acids is 1. The molecule has 0 spiro atoms. The Labute approximate surface area is 84.2 Å². The monoisotopic (exact) mass is 224 g/mol. The highest BCUT2D eigenvalue weighted by molar-refractivity contribution is 7.87. The Bertz CT molecular complexity index is 275. The van der Waals surface area contributed by atoms with E-state index in [0.29, 0.717) is 0 Å². The van der Waals surface area contributed by atoms with Crippen molar-refractivity contribution in [1.29, 1.82) is 0 Å². The van der Waals surface area contributed by atoms with Crippen molar-refractivity contribution in [2.45, 2.75) is 26.8 Å². The smallest absolute Gasteiger partial charge is 0.323 e. The minimum Gasteiger partial charge on any atom is -0.465 e. The molecule has 0 saturated heterocycles. The minimum absolute atomic E-state index is 0.228. The van der Waals surface area contributed by atoms with E-state index in [4.69, 9.17) is 0 Å². The van der Waals surface area contributed by atoms with Crippen LogP contribution in [0.15, 0.2) is 0 Å². The molecular weight excluding hydrogens is 208 g/mol. The van der Waals surface area contributed by atoms with Crippen LogP contribution < -0.4 is 9.44 Å². The third kappa shape index (κ3) is 5.15. The molecule has 1 unspecified atom stereocenters. The second kappa shape index (κ2) is 5.94. The van der Waals surface area contributed by atoms with Crippen LogP contribution in [-0.4, -0.2) is 33.6 Å². The van der Waals surface area contributed by atoms with Crippen molar-refractivity contribution in [3.05, 3.63) is 0 Å². The van der Waals surface area contributed by atoms with E-state index in [1.807, 2.05) is 0 Å². The maximum Gasteiger partial charge on any atom is 0.323 e. The van der Waals surface area contributed by atoms with Gasteiger partial charge in [-0.05, 0) is 13.8 Å². The Kier molecular flexibility index (Phi) is 5.66. The van der Waals surface area contributed by atoms with Gasteiger partial charge >= 0.3 is 5.97 Å². The number of rotatable bonds is 6. The molecule has 0 aromatic heterocycles. The fourth-order valence-corrected chi connectivity index (χ4v) is 1.80. The van der Waals surface area contributed by atoms with Gasteiger partial charge in [0.15, 0.2) is 0 Å². The lowest BCUT2D eigenvalue weighted by atomic mass is 10.4. The average molecular weight is 224 g/mol. The number of esters is 1. The Hall–Kier alpha value is -0.660. The molecule has 14 heavy (non-hydrogen) atoms. The van der Waals surface area contributed by atoms with E-state index in [9.17, 15) is 13.2 Å². The van der Waals surface area contributed by atoms with E-state index >= 15 is 0 Å². The molecule has 84 valence electrons. The largest absolute Gasteiger partial charge is 0.465 e. The number of nitrogens with one attached hydrogen (secondary N) is 2. The van der Waals surface area contributed by atoms with Crippen molar-refractivity contribution in [3.8, 4) is 0 Å². The topological polar surface area (TPSA) is 84.5 Å². The first kappa shape index (κ1) is 13.3. The van der Waals surface area contributed by atoms with Crippen molar-refractivity contribution in [2.75, 3.05) is 13.2 Å². The molecule has 0 aliphatic rings. The summed E-state index contributed by atoms with van der Waals surface area (Å²) in [6.07, 6.45) is 0. The first-order valence-electron chi connectivity index (χ1n) is 4.36. The summed E-state index contributed by atoms with van der Waals surface area (Å²) in [5.74, 6) is -0.589. The van der Waals surface area contributed by atoms with Gasteiger partial charge in [0.1, 0.15) is 6.04 Å². The first-order chi connectivity index (χ1) is 6.43. The van der Waals surface area contributed by atoms with Gasteiger partial charge in [0.25, 0.3) is 10.2 Å². The molecule has 0 aromatic rings. The fraction of sp³-hybridized carbons (Fsp3) is 0.857. The summed E-state index contributed by atoms with van der Waals surface area (Å²) in [5, 5.41) is 0. The van der Waals surface area contributed by atoms with Crippen LogP contribution in [0.1, 0.15) is 20.8 Å². The highest BCUT2D eigenvalue weighted by Gasteiger charge is 2.19. The molecule has 0 aromatic carbocycles. The van der Waals surface area contributed by atoms with Crippen LogP contribution in [0, 0.1) is 0 Å². The fourth-order valence-electron chi connectivity index (χ4n) is 0.780. The zero-order valence-electron chi connectivity index (χ0n) is 8.53. The van der Waals surface area contributed by atoms with Gasteiger partial charge in [-0.15, -0.1) is 0 Å². The van der Waals surface area contributed by atoms with Gasteiger partial charge in [0.2, 0.25) is 0 Å². The summed E-state index contributed by atoms with van der Waals surface area (Å²) >= 11 is 0. The molecule has 0 amide bonds. The van der Waals surface area contributed by atoms with Crippen LogP contribution in [0.4, 0.5) is 0 Å². The van der Waals surface area contributed by atoms with Gasteiger partial charge in [0.05, 0.1) is 6.61 Å². The minimum atomic E-state index is -3.60. The number of hydrogen-bond acceptors (Lipinski definition) is 4. The molecule has 0 bridgehead atoms. The number of ether oxygens (including phenoxy) is 1. The second-order valence-corrected chi connectivity index (χ2v) is 4.12. The van der Waals surface area contributed by atoms with Crippen LogP contribution in [0.5, 0.6) is 0 Å². The Morgan fingerprint density at radius 3 is 2.43 bits per heavy atom. The van der Waals surface area contributed by atoms with Gasteiger partial charge in [-0.25, -0.2) is 4.72 Å². The van der Waals surface area contributed by atoms with Crippen molar-refractivity contribution in [1.82, 2.24) is 9.44 Å². The van der Waals surface area contributed by atoms with Crippen LogP contribution in [0.25, 0.3) is 0 Å². The molecule has 1 atom stereocenters. The second-order valence-electron chi connectivity index (χ2n) is 2.59. The average Bonchev–Trinajstić information content (AvgIpc) is 2.03. The molecule has 0 fully saturated rings. The Balaban J connectivity index is 4.17. The van der Waals surface area contributed by atoms with E-state index in [1.165, 1.54) is 6.92 Å². The highest BCUT2D eigenvalue weighted by Crippen LogP contribution is 1.90.